The fraction of sp³-hybridized carbons (Fsp3) is 0.316. The van der Waals surface area contributed by atoms with Crippen molar-refractivity contribution in [3.8, 4) is 0 Å². The van der Waals surface area contributed by atoms with E-state index in [1.165, 1.54) is 11.8 Å². The molecule has 0 spiro atoms. The predicted octanol–water partition coefficient (Wildman–Crippen LogP) is 4.01. The SMILES string of the molecule is Cc1cc(N2CCSCC2)ccc1NC(=O)NCc1ccccc1F. The first-order valence-corrected chi connectivity index (χ1v) is 9.50. The minimum absolute atomic E-state index is 0.154. The molecule has 0 bridgehead atoms. The van der Waals surface area contributed by atoms with Gasteiger partial charge in [-0.25, -0.2) is 9.18 Å². The smallest absolute Gasteiger partial charge is 0.319 e. The van der Waals surface area contributed by atoms with Gasteiger partial charge in [0, 0.05) is 48.1 Å². The summed E-state index contributed by atoms with van der Waals surface area (Å²) in [5.74, 6) is 1.98. The van der Waals surface area contributed by atoms with E-state index in [0.717, 1.165) is 35.8 Å². The summed E-state index contributed by atoms with van der Waals surface area (Å²) in [7, 11) is 0. The number of aryl methyl sites for hydroxylation is 1. The highest BCUT2D eigenvalue weighted by Crippen LogP contribution is 2.25. The molecule has 25 heavy (non-hydrogen) atoms. The largest absolute Gasteiger partial charge is 0.370 e. The maximum atomic E-state index is 13.6. The first kappa shape index (κ1) is 17.6. The summed E-state index contributed by atoms with van der Waals surface area (Å²) in [4.78, 5) is 14.4. The van der Waals surface area contributed by atoms with E-state index in [4.69, 9.17) is 0 Å². The third kappa shape index (κ3) is 4.66. The van der Waals surface area contributed by atoms with E-state index in [-0.39, 0.29) is 18.4 Å². The van der Waals surface area contributed by atoms with Gasteiger partial charge in [0.25, 0.3) is 0 Å². The topological polar surface area (TPSA) is 44.4 Å². The van der Waals surface area contributed by atoms with Crippen LogP contribution < -0.4 is 15.5 Å². The highest BCUT2D eigenvalue weighted by molar-refractivity contribution is 7.99. The van der Waals surface area contributed by atoms with Gasteiger partial charge >= 0.3 is 6.03 Å². The summed E-state index contributed by atoms with van der Waals surface area (Å²) in [6.07, 6.45) is 0. The lowest BCUT2D eigenvalue weighted by Crippen LogP contribution is -2.32. The Balaban J connectivity index is 1.58. The van der Waals surface area contributed by atoms with Gasteiger partial charge in [-0.3, -0.25) is 0 Å². The average molecular weight is 359 g/mol. The van der Waals surface area contributed by atoms with Gasteiger partial charge in [-0.15, -0.1) is 0 Å². The molecule has 1 aliphatic heterocycles. The third-order valence-electron chi connectivity index (χ3n) is 4.23. The molecule has 132 valence electrons. The van der Waals surface area contributed by atoms with Crippen molar-refractivity contribution in [3.63, 3.8) is 0 Å². The first-order chi connectivity index (χ1) is 12.1. The first-order valence-electron chi connectivity index (χ1n) is 8.35. The van der Waals surface area contributed by atoms with Crippen molar-refractivity contribution in [1.82, 2.24) is 5.32 Å². The quantitative estimate of drug-likeness (QED) is 0.867. The van der Waals surface area contributed by atoms with Crippen LogP contribution in [0.5, 0.6) is 0 Å². The fourth-order valence-electron chi connectivity index (χ4n) is 2.79. The molecule has 0 unspecified atom stereocenters. The summed E-state index contributed by atoms with van der Waals surface area (Å²) >= 11 is 1.98. The maximum Gasteiger partial charge on any atom is 0.319 e. The van der Waals surface area contributed by atoms with Crippen LogP contribution in [0.25, 0.3) is 0 Å². The van der Waals surface area contributed by atoms with Crippen LogP contribution in [0.1, 0.15) is 11.1 Å². The van der Waals surface area contributed by atoms with Crippen molar-refractivity contribution < 1.29 is 9.18 Å². The van der Waals surface area contributed by atoms with Gasteiger partial charge in [-0.05, 0) is 36.8 Å². The van der Waals surface area contributed by atoms with Crippen molar-refractivity contribution in [1.29, 1.82) is 0 Å². The molecule has 4 nitrogen and oxygen atoms in total. The van der Waals surface area contributed by atoms with Crippen molar-refractivity contribution in [2.75, 3.05) is 34.8 Å². The maximum absolute atomic E-state index is 13.6. The Morgan fingerprint density at radius 2 is 1.96 bits per heavy atom. The summed E-state index contributed by atoms with van der Waals surface area (Å²) < 4.78 is 13.6. The number of amides is 2. The number of hydrogen-bond donors (Lipinski definition) is 2. The second kappa shape index (κ2) is 8.25. The molecule has 0 saturated carbocycles. The molecule has 2 aromatic carbocycles. The summed E-state index contributed by atoms with van der Waals surface area (Å²) in [6, 6.07) is 12.1. The molecule has 3 rings (SSSR count). The van der Waals surface area contributed by atoms with Gasteiger partial charge in [0.1, 0.15) is 5.82 Å². The number of hydrogen-bond acceptors (Lipinski definition) is 3. The predicted molar refractivity (Wildman–Crippen MR) is 103 cm³/mol. The zero-order valence-corrected chi connectivity index (χ0v) is 15.0. The Morgan fingerprint density at radius 1 is 1.20 bits per heavy atom. The van der Waals surface area contributed by atoms with Crippen LogP contribution in [0.3, 0.4) is 0 Å². The molecule has 1 saturated heterocycles. The third-order valence-corrected chi connectivity index (χ3v) is 5.17. The highest BCUT2D eigenvalue weighted by Gasteiger charge is 2.13. The van der Waals surface area contributed by atoms with E-state index in [0.29, 0.717) is 5.56 Å². The van der Waals surface area contributed by atoms with Crippen molar-refractivity contribution >= 4 is 29.2 Å². The molecule has 1 aliphatic rings. The van der Waals surface area contributed by atoms with Gasteiger partial charge < -0.3 is 15.5 Å². The molecular weight excluding hydrogens is 337 g/mol. The Labute approximate surface area is 151 Å². The van der Waals surface area contributed by atoms with E-state index in [1.54, 1.807) is 18.2 Å². The summed E-state index contributed by atoms with van der Waals surface area (Å²) in [5.41, 5.74) is 3.43. The van der Waals surface area contributed by atoms with Gasteiger partial charge in [-0.1, -0.05) is 18.2 Å². The number of carbonyl (C=O) groups excluding carboxylic acids is 1. The van der Waals surface area contributed by atoms with Crippen molar-refractivity contribution in [2.45, 2.75) is 13.5 Å². The lowest BCUT2D eigenvalue weighted by molar-refractivity contribution is 0.251. The Hall–Kier alpha value is -2.21. The molecule has 6 heteroatoms. The number of halogens is 1. The number of thioether (sulfide) groups is 1. The molecule has 0 atom stereocenters. The van der Waals surface area contributed by atoms with Crippen LogP contribution in [-0.4, -0.2) is 30.6 Å². The van der Waals surface area contributed by atoms with Gasteiger partial charge in [-0.2, -0.15) is 11.8 Å². The standard InChI is InChI=1S/C19H22FN3OS/c1-14-12-16(23-8-10-25-11-9-23)6-7-18(14)22-19(24)21-13-15-4-2-3-5-17(15)20/h2-7,12H,8-11,13H2,1H3,(H2,21,22,24). The minimum atomic E-state index is -0.339. The van der Waals surface area contributed by atoms with Gasteiger partial charge in [0.2, 0.25) is 0 Å². The lowest BCUT2D eigenvalue weighted by Gasteiger charge is -2.29. The van der Waals surface area contributed by atoms with Crippen LogP contribution in [0.15, 0.2) is 42.5 Å². The second-order valence-corrected chi connectivity index (χ2v) is 7.22. The van der Waals surface area contributed by atoms with E-state index in [1.807, 2.05) is 30.8 Å². The van der Waals surface area contributed by atoms with E-state index < -0.39 is 0 Å². The lowest BCUT2D eigenvalue weighted by atomic mass is 10.1. The summed E-state index contributed by atoms with van der Waals surface area (Å²) in [6.45, 7) is 4.25. The van der Waals surface area contributed by atoms with E-state index >= 15 is 0 Å². The number of nitrogens with zero attached hydrogens (tertiary/aromatic N) is 1. The Bertz CT molecular complexity index is 747. The van der Waals surface area contributed by atoms with Crippen LogP contribution in [-0.2, 0) is 6.54 Å². The fourth-order valence-corrected chi connectivity index (χ4v) is 3.69. The van der Waals surface area contributed by atoms with Crippen molar-refractivity contribution in [3.05, 3.63) is 59.4 Å². The number of urea groups is 1. The molecule has 1 fully saturated rings. The molecule has 0 aromatic heterocycles. The number of benzene rings is 2. The zero-order valence-electron chi connectivity index (χ0n) is 14.2. The monoisotopic (exact) mass is 359 g/mol. The number of anilines is 2. The Morgan fingerprint density at radius 3 is 2.68 bits per heavy atom. The molecule has 0 radical (unpaired) electrons. The van der Waals surface area contributed by atoms with Crippen LogP contribution in [0, 0.1) is 12.7 Å². The minimum Gasteiger partial charge on any atom is -0.370 e. The average Bonchev–Trinajstić information content (AvgIpc) is 2.63. The van der Waals surface area contributed by atoms with Gasteiger partial charge in [0.15, 0.2) is 0 Å². The van der Waals surface area contributed by atoms with Crippen LogP contribution >= 0.6 is 11.8 Å². The Kier molecular flexibility index (Phi) is 5.81. The van der Waals surface area contributed by atoms with Crippen molar-refractivity contribution in [2.24, 2.45) is 0 Å². The molecule has 2 amide bonds. The molecular formula is C19H22FN3OS. The zero-order chi connectivity index (χ0) is 17.6. The summed E-state index contributed by atoms with van der Waals surface area (Å²) in [5, 5.41) is 5.53. The molecule has 0 aliphatic carbocycles. The molecule has 2 N–H and O–H groups in total. The highest BCUT2D eigenvalue weighted by atomic mass is 32.2. The number of nitrogens with one attached hydrogen (secondary N) is 2. The normalized spacial score (nSPS) is 14.2. The van der Waals surface area contributed by atoms with Gasteiger partial charge in [0.05, 0.1) is 0 Å². The van der Waals surface area contributed by atoms with Crippen LogP contribution in [0.2, 0.25) is 0 Å². The van der Waals surface area contributed by atoms with E-state index in [2.05, 4.69) is 21.6 Å². The molecule has 1 heterocycles. The number of carbonyl (C=O) groups is 1. The van der Waals surface area contributed by atoms with E-state index in [9.17, 15) is 9.18 Å². The van der Waals surface area contributed by atoms with Crippen LogP contribution in [0.4, 0.5) is 20.6 Å². The number of rotatable bonds is 4. The second-order valence-electron chi connectivity index (χ2n) is 6.00. The molecule has 2 aromatic rings.